The highest BCUT2D eigenvalue weighted by Crippen LogP contribution is 2.29. The van der Waals surface area contributed by atoms with Gasteiger partial charge in [0.1, 0.15) is 17.6 Å². The Balaban J connectivity index is 1.74. The minimum Gasteiger partial charge on any atom is -0.496 e. The Morgan fingerprint density at radius 3 is 3.00 bits per heavy atom. The highest BCUT2D eigenvalue weighted by molar-refractivity contribution is 5.95. The molecule has 5 nitrogen and oxygen atoms in total. The molecule has 0 spiro atoms. The van der Waals surface area contributed by atoms with Gasteiger partial charge in [-0.05, 0) is 49.6 Å². The molecule has 1 saturated heterocycles. The maximum absolute atomic E-state index is 12.9. The number of carbonyl (C=O) groups excluding carboxylic acids is 1. The number of hydrogen-bond acceptors (Lipinski definition) is 4. The first-order valence-electron chi connectivity index (χ1n) is 8.27. The number of amides is 1. The molecule has 0 bridgehead atoms. The van der Waals surface area contributed by atoms with Crippen LogP contribution in [0.2, 0.25) is 0 Å². The molecule has 2 unspecified atom stereocenters. The Morgan fingerprint density at radius 2 is 2.29 bits per heavy atom. The third-order valence-corrected chi connectivity index (χ3v) is 4.66. The Bertz CT molecular complexity index is 695. The summed E-state index contributed by atoms with van der Waals surface area (Å²) in [5.74, 6) is 1.25. The molecule has 0 aliphatic carbocycles. The summed E-state index contributed by atoms with van der Waals surface area (Å²) in [6, 6.07) is 9.05. The molecule has 2 aromatic rings. The van der Waals surface area contributed by atoms with E-state index in [1.54, 1.807) is 31.6 Å². The standard InChI is InChI=1S/C19H23NO4/c1-13-7-8-14(11-18(13)23-2)19(22)20-9-3-5-15(20)12-16(21)17-6-4-10-24-17/h4,6-8,10-11,15-16,21H,3,5,9,12H2,1-2H3. The molecule has 1 amide bonds. The van der Waals surface area contributed by atoms with E-state index in [0.29, 0.717) is 30.0 Å². The van der Waals surface area contributed by atoms with E-state index >= 15 is 0 Å². The molecule has 1 N–H and O–H groups in total. The average Bonchev–Trinajstić information content (AvgIpc) is 3.26. The topological polar surface area (TPSA) is 62.9 Å². The third kappa shape index (κ3) is 3.31. The minimum absolute atomic E-state index is 0.0116. The molecular formula is C19H23NO4. The fourth-order valence-corrected chi connectivity index (χ4v) is 3.32. The summed E-state index contributed by atoms with van der Waals surface area (Å²) in [7, 11) is 1.61. The molecule has 2 atom stereocenters. The predicted molar refractivity (Wildman–Crippen MR) is 90.1 cm³/mol. The number of rotatable bonds is 5. The number of hydrogen-bond donors (Lipinski definition) is 1. The van der Waals surface area contributed by atoms with Crippen LogP contribution in [0.1, 0.15) is 47.0 Å². The monoisotopic (exact) mass is 329 g/mol. The predicted octanol–water partition coefficient (Wildman–Crippen LogP) is 3.32. The second kappa shape index (κ2) is 7.09. The van der Waals surface area contributed by atoms with Crippen LogP contribution in [0.3, 0.4) is 0 Å². The van der Waals surface area contributed by atoms with Crippen LogP contribution >= 0.6 is 0 Å². The van der Waals surface area contributed by atoms with E-state index in [-0.39, 0.29) is 11.9 Å². The van der Waals surface area contributed by atoms with Gasteiger partial charge in [0.2, 0.25) is 0 Å². The molecule has 1 aliphatic heterocycles. The zero-order valence-electron chi connectivity index (χ0n) is 14.1. The molecule has 24 heavy (non-hydrogen) atoms. The summed E-state index contributed by atoms with van der Waals surface area (Å²) in [6.45, 7) is 2.66. The zero-order chi connectivity index (χ0) is 17.1. The van der Waals surface area contributed by atoms with E-state index in [2.05, 4.69) is 0 Å². The molecule has 128 valence electrons. The van der Waals surface area contributed by atoms with E-state index < -0.39 is 6.10 Å². The van der Waals surface area contributed by atoms with E-state index in [1.165, 1.54) is 0 Å². The van der Waals surface area contributed by atoms with E-state index in [9.17, 15) is 9.90 Å². The molecule has 0 saturated carbocycles. The minimum atomic E-state index is -0.689. The Hall–Kier alpha value is -2.27. The van der Waals surface area contributed by atoms with Gasteiger partial charge >= 0.3 is 0 Å². The van der Waals surface area contributed by atoms with E-state index in [1.807, 2.05) is 24.0 Å². The van der Waals surface area contributed by atoms with Crippen LogP contribution in [0.15, 0.2) is 41.0 Å². The quantitative estimate of drug-likeness (QED) is 0.914. The first kappa shape index (κ1) is 16.6. The van der Waals surface area contributed by atoms with Crippen LogP contribution < -0.4 is 4.74 Å². The summed E-state index contributed by atoms with van der Waals surface area (Å²) >= 11 is 0. The molecule has 0 radical (unpaired) electrons. The molecule has 2 heterocycles. The number of ether oxygens (including phenoxy) is 1. The molecule has 3 rings (SSSR count). The summed E-state index contributed by atoms with van der Waals surface area (Å²) in [4.78, 5) is 14.7. The van der Waals surface area contributed by atoms with Gasteiger partial charge in [0.25, 0.3) is 5.91 Å². The maximum Gasteiger partial charge on any atom is 0.254 e. The van der Waals surface area contributed by atoms with Gasteiger partial charge in [-0.3, -0.25) is 4.79 Å². The average molecular weight is 329 g/mol. The fraction of sp³-hybridized carbons (Fsp3) is 0.421. The number of carbonyl (C=O) groups is 1. The number of likely N-dealkylation sites (tertiary alicyclic amines) is 1. The van der Waals surface area contributed by atoms with Gasteiger partial charge in [0.15, 0.2) is 0 Å². The van der Waals surface area contributed by atoms with Crippen molar-refractivity contribution in [1.29, 1.82) is 0 Å². The highest BCUT2D eigenvalue weighted by atomic mass is 16.5. The fourth-order valence-electron chi connectivity index (χ4n) is 3.32. The zero-order valence-corrected chi connectivity index (χ0v) is 14.1. The van der Waals surface area contributed by atoms with Gasteiger partial charge < -0.3 is 19.2 Å². The van der Waals surface area contributed by atoms with E-state index in [4.69, 9.17) is 9.15 Å². The molecule has 1 aromatic heterocycles. The Labute approximate surface area is 141 Å². The molecular weight excluding hydrogens is 306 g/mol. The lowest BCUT2D eigenvalue weighted by atomic mass is 10.0. The SMILES string of the molecule is COc1cc(C(=O)N2CCCC2CC(O)c2ccco2)ccc1C. The Kier molecular flexibility index (Phi) is 4.90. The van der Waals surface area contributed by atoms with Crippen LogP contribution in [-0.4, -0.2) is 35.6 Å². The normalized spacial score (nSPS) is 18.6. The van der Waals surface area contributed by atoms with Crippen LogP contribution in [0.5, 0.6) is 5.75 Å². The van der Waals surface area contributed by atoms with Crippen LogP contribution in [0.25, 0.3) is 0 Å². The lowest BCUT2D eigenvalue weighted by molar-refractivity contribution is 0.0641. The summed E-state index contributed by atoms with van der Waals surface area (Å²) in [5.41, 5.74) is 1.62. The highest BCUT2D eigenvalue weighted by Gasteiger charge is 2.32. The molecule has 1 aromatic carbocycles. The number of methoxy groups -OCH3 is 1. The van der Waals surface area contributed by atoms with Crippen molar-refractivity contribution >= 4 is 5.91 Å². The van der Waals surface area contributed by atoms with Gasteiger partial charge in [0.05, 0.1) is 13.4 Å². The number of aliphatic hydroxyl groups excluding tert-OH is 1. The van der Waals surface area contributed by atoms with Crippen molar-refractivity contribution in [2.45, 2.75) is 38.3 Å². The van der Waals surface area contributed by atoms with Gasteiger partial charge in [0, 0.05) is 24.6 Å². The number of aliphatic hydroxyl groups is 1. The van der Waals surface area contributed by atoms with Crippen molar-refractivity contribution in [2.24, 2.45) is 0 Å². The lowest BCUT2D eigenvalue weighted by Crippen LogP contribution is -2.36. The number of nitrogens with zero attached hydrogens (tertiary/aromatic N) is 1. The van der Waals surface area contributed by atoms with Gasteiger partial charge in [-0.25, -0.2) is 0 Å². The second-order valence-electron chi connectivity index (χ2n) is 6.25. The van der Waals surface area contributed by atoms with Gasteiger partial charge in [-0.1, -0.05) is 6.07 Å². The summed E-state index contributed by atoms with van der Waals surface area (Å²) in [5, 5.41) is 10.3. The third-order valence-electron chi connectivity index (χ3n) is 4.66. The maximum atomic E-state index is 12.9. The number of aryl methyl sites for hydroxylation is 1. The first-order chi connectivity index (χ1) is 11.6. The van der Waals surface area contributed by atoms with Crippen LogP contribution in [-0.2, 0) is 0 Å². The second-order valence-corrected chi connectivity index (χ2v) is 6.25. The van der Waals surface area contributed by atoms with E-state index in [0.717, 1.165) is 18.4 Å². The van der Waals surface area contributed by atoms with Crippen molar-refractivity contribution < 1.29 is 19.1 Å². The Morgan fingerprint density at radius 1 is 1.46 bits per heavy atom. The van der Waals surface area contributed by atoms with Crippen LogP contribution in [0.4, 0.5) is 0 Å². The smallest absolute Gasteiger partial charge is 0.254 e. The largest absolute Gasteiger partial charge is 0.496 e. The van der Waals surface area contributed by atoms with Gasteiger partial charge in [-0.2, -0.15) is 0 Å². The summed E-state index contributed by atoms with van der Waals surface area (Å²) in [6.07, 6.45) is 3.19. The van der Waals surface area contributed by atoms with Crippen molar-refractivity contribution in [1.82, 2.24) is 4.90 Å². The molecule has 1 fully saturated rings. The lowest BCUT2D eigenvalue weighted by Gasteiger charge is -2.26. The van der Waals surface area contributed by atoms with Gasteiger partial charge in [-0.15, -0.1) is 0 Å². The number of furan rings is 1. The van der Waals surface area contributed by atoms with Crippen molar-refractivity contribution in [3.63, 3.8) is 0 Å². The first-order valence-corrected chi connectivity index (χ1v) is 8.27. The van der Waals surface area contributed by atoms with Crippen molar-refractivity contribution in [3.05, 3.63) is 53.5 Å². The van der Waals surface area contributed by atoms with Crippen molar-refractivity contribution in [2.75, 3.05) is 13.7 Å². The van der Waals surface area contributed by atoms with Crippen molar-refractivity contribution in [3.8, 4) is 5.75 Å². The van der Waals surface area contributed by atoms with Crippen LogP contribution in [0, 0.1) is 6.92 Å². The summed E-state index contributed by atoms with van der Waals surface area (Å²) < 4.78 is 10.6. The number of benzene rings is 1. The molecule has 5 heteroatoms. The molecule has 1 aliphatic rings.